The summed E-state index contributed by atoms with van der Waals surface area (Å²) in [6.45, 7) is 0.263. The number of thiazole rings is 1. The van der Waals surface area contributed by atoms with Crippen molar-refractivity contribution in [3.63, 3.8) is 0 Å². The Morgan fingerprint density at radius 2 is 2.07 bits per heavy atom. The molecule has 0 saturated heterocycles. The second kappa shape index (κ2) is 7.85. The van der Waals surface area contributed by atoms with Crippen LogP contribution in [-0.2, 0) is 16.4 Å². The summed E-state index contributed by atoms with van der Waals surface area (Å²) in [4.78, 5) is 16.4. The number of hydrogen-bond acceptors (Lipinski definition) is 6. The minimum atomic E-state index is -3.52. The van der Waals surface area contributed by atoms with E-state index in [1.807, 2.05) is 5.38 Å². The van der Waals surface area contributed by atoms with Gasteiger partial charge in [-0.05, 0) is 36.4 Å². The van der Waals surface area contributed by atoms with Crippen LogP contribution in [0.4, 0.5) is 10.1 Å². The topological polar surface area (TPSA) is 85.4 Å². The maximum absolute atomic E-state index is 14.0. The molecule has 2 aromatic carbocycles. The van der Waals surface area contributed by atoms with Crippen LogP contribution in [0.25, 0.3) is 0 Å². The molecule has 0 aliphatic rings. The molecule has 140 valence electrons. The highest BCUT2D eigenvalue weighted by Crippen LogP contribution is 2.21. The molecule has 0 saturated carbocycles. The normalized spacial score (nSPS) is 11.2. The molecule has 1 N–H and O–H groups in total. The first-order chi connectivity index (χ1) is 12.8. The molecule has 0 aliphatic carbocycles. The van der Waals surface area contributed by atoms with Crippen LogP contribution in [-0.4, -0.2) is 25.6 Å². The molecule has 9 heteroatoms. The third-order valence-corrected chi connectivity index (χ3v) is 5.33. The van der Waals surface area contributed by atoms with E-state index in [9.17, 15) is 17.6 Å². The molecular formula is C18H15FN2O4S2. The first kappa shape index (κ1) is 19.0. The van der Waals surface area contributed by atoms with E-state index in [1.54, 1.807) is 23.7 Å². The summed E-state index contributed by atoms with van der Waals surface area (Å²) in [5.74, 6) is -0.855. The lowest BCUT2D eigenvalue weighted by Gasteiger charge is -2.10. The van der Waals surface area contributed by atoms with Crippen molar-refractivity contribution < 1.29 is 22.3 Å². The first-order valence-corrected chi connectivity index (χ1v) is 10.6. The van der Waals surface area contributed by atoms with E-state index in [1.165, 1.54) is 17.4 Å². The van der Waals surface area contributed by atoms with Crippen molar-refractivity contribution in [1.29, 1.82) is 0 Å². The number of aromatic nitrogens is 1. The average molecular weight is 406 g/mol. The number of nitrogens with zero attached hydrogens (tertiary/aromatic N) is 1. The number of halogens is 1. The maximum Gasteiger partial charge on any atom is 0.255 e. The summed E-state index contributed by atoms with van der Waals surface area (Å²) in [5, 5.41) is 4.25. The van der Waals surface area contributed by atoms with Crippen LogP contribution in [0.5, 0.6) is 5.75 Å². The number of nitrogens with one attached hydrogen (secondary N) is 1. The smallest absolute Gasteiger partial charge is 0.255 e. The highest BCUT2D eigenvalue weighted by molar-refractivity contribution is 7.90. The van der Waals surface area contributed by atoms with Gasteiger partial charge in [-0.3, -0.25) is 4.79 Å². The van der Waals surface area contributed by atoms with Crippen LogP contribution in [0.1, 0.15) is 16.1 Å². The molecule has 1 aromatic heterocycles. The van der Waals surface area contributed by atoms with Gasteiger partial charge in [0.25, 0.3) is 5.91 Å². The zero-order valence-electron chi connectivity index (χ0n) is 14.2. The van der Waals surface area contributed by atoms with E-state index in [4.69, 9.17) is 4.74 Å². The van der Waals surface area contributed by atoms with Gasteiger partial charge in [0.2, 0.25) is 0 Å². The highest BCUT2D eigenvalue weighted by atomic mass is 32.2. The Labute approximate surface area is 159 Å². The number of rotatable bonds is 6. The van der Waals surface area contributed by atoms with Gasteiger partial charge in [0.05, 0.1) is 21.8 Å². The Hall–Kier alpha value is -2.78. The molecular weight excluding hydrogens is 391 g/mol. The molecule has 1 amide bonds. The van der Waals surface area contributed by atoms with E-state index in [0.29, 0.717) is 5.75 Å². The molecule has 0 aliphatic heterocycles. The number of carbonyl (C=O) groups excluding carboxylic acids is 1. The molecule has 0 bridgehead atoms. The van der Waals surface area contributed by atoms with Crippen molar-refractivity contribution in [1.82, 2.24) is 4.98 Å². The SMILES string of the molecule is CS(=O)(=O)c1ccc(F)c(NC(=O)c2cccc(OCc3cscn3)c2)c1. The molecule has 0 atom stereocenters. The first-order valence-electron chi connectivity index (χ1n) is 7.74. The minimum Gasteiger partial charge on any atom is -0.487 e. The summed E-state index contributed by atoms with van der Waals surface area (Å²) in [5.41, 5.74) is 2.50. The van der Waals surface area contributed by atoms with Gasteiger partial charge in [-0.1, -0.05) is 6.07 Å². The number of carbonyl (C=O) groups is 1. The molecule has 0 radical (unpaired) electrons. The fraction of sp³-hybridized carbons (Fsp3) is 0.111. The number of ether oxygens (including phenoxy) is 1. The molecule has 0 fully saturated rings. The van der Waals surface area contributed by atoms with Crippen molar-refractivity contribution in [2.75, 3.05) is 11.6 Å². The van der Waals surface area contributed by atoms with Gasteiger partial charge in [0, 0.05) is 17.2 Å². The van der Waals surface area contributed by atoms with Crippen LogP contribution in [0.3, 0.4) is 0 Å². The van der Waals surface area contributed by atoms with Gasteiger partial charge in [0.15, 0.2) is 9.84 Å². The largest absolute Gasteiger partial charge is 0.487 e. The van der Waals surface area contributed by atoms with E-state index in [2.05, 4.69) is 10.3 Å². The Bertz CT molecular complexity index is 1070. The van der Waals surface area contributed by atoms with E-state index in [0.717, 1.165) is 30.1 Å². The van der Waals surface area contributed by atoms with Crippen LogP contribution in [0.15, 0.2) is 58.3 Å². The zero-order valence-corrected chi connectivity index (χ0v) is 15.8. The van der Waals surface area contributed by atoms with Gasteiger partial charge >= 0.3 is 0 Å². The third-order valence-electron chi connectivity index (χ3n) is 3.58. The highest BCUT2D eigenvalue weighted by Gasteiger charge is 2.14. The molecule has 6 nitrogen and oxygen atoms in total. The van der Waals surface area contributed by atoms with E-state index >= 15 is 0 Å². The van der Waals surface area contributed by atoms with Crippen LogP contribution < -0.4 is 10.1 Å². The number of anilines is 1. The fourth-order valence-electron chi connectivity index (χ4n) is 2.22. The average Bonchev–Trinajstić information content (AvgIpc) is 3.14. The second-order valence-corrected chi connectivity index (χ2v) is 8.40. The second-order valence-electron chi connectivity index (χ2n) is 5.66. The Balaban J connectivity index is 1.75. The monoisotopic (exact) mass is 406 g/mol. The Kier molecular flexibility index (Phi) is 5.52. The maximum atomic E-state index is 14.0. The van der Waals surface area contributed by atoms with Crippen molar-refractivity contribution in [2.24, 2.45) is 0 Å². The summed E-state index contributed by atoms with van der Waals surface area (Å²) in [6, 6.07) is 9.61. The molecule has 3 rings (SSSR count). The lowest BCUT2D eigenvalue weighted by molar-refractivity contribution is 0.102. The van der Waals surface area contributed by atoms with Crippen molar-refractivity contribution in [3.8, 4) is 5.75 Å². The number of sulfone groups is 1. The number of amides is 1. The molecule has 27 heavy (non-hydrogen) atoms. The standard InChI is InChI=1S/C18H15FN2O4S2/c1-27(23,24)15-5-6-16(19)17(8-15)21-18(22)12-3-2-4-14(7-12)25-9-13-10-26-11-20-13/h2-8,10-11H,9H2,1H3,(H,21,22). The van der Waals surface area contributed by atoms with E-state index < -0.39 is 21.6 Å². The summed E-state index contributed by atoms with van der Waals surface area (Å²) in [7, 11) is -3.52. The summed E-state index contributed by atoms with van der Waals surface area (Å²) < 4.78 is 42.8. The van der Waals surface area contributed by atoms with Crippen LogP contribution >= 0.6 is 11.3 Å². The van der Waals surface area contributed by atoms with Crippen molar-refractivity contribution in [3.05, 3.63) is 70.4 Å². The van der Waals surface area contributed by atoms with Gasteiger partial charge in [-0.15, -0.1) is 11.3 Å². The van der Waals surface area contributed by atoms with Gasteiger partial charge in [0.1, 0.15) is 18.2 Å². The van der Waals surface area contributed by atoms with Crippen LogP contribution in [0, 0.1) is 5.82 Å². The van der Waals surface area contributed by atoms with Gasteiger partial charge in [-0.2, -0.15) is 0 Å². The third kappa shape index (κ3) is 4.89. The summed E-state index contributed by atoms with van der Waals surface area (Å²) >= 11 is 1.45. The molecule has 0 unspecified atom stereocenters. The molecule has 3 aromatic rings. The Morgan fingerprint density at radius 1 is 1.26 bits per heavy atom. The predicted molar refractivity (Wildman–Crippen MR) is 100 cm³/mol. The Morgan fingerprint density at radius 3 is 2.78 bits per heavy atom. The summed E-state index contributed by atoms with van der Waals surface area (Å²) in [6.07, 6.45) is 1.01. The fourth-order valence-corrected chi connectivity index (χ4v) is 3.41. The van der Waals surface area contributed by atoms with Crippen LogP contribution in [0.2, 0.25) is 0 Å². The van der Waals surface area contributed by atoms with E-state index in [-0.39, 0.29) is 22.8 Å². The number of hydrogen-bond donors (Lipinski definition) is 1. The van der Waals surface area contributed by atoms with Gasteiger partial charge in [-0.25, -0.2) is 17.8 Å². The zero-order chi connectivity index (χ0) is 19.4. The lowest BCUT2D eigenvalue weighted by atomic mass is 10.2. The molecule has 0 spiro atoms. The predicted octanol–water partition coefficient (Wildman–Crippen LogP) is 3.52. The van der Waals surface area contributed by atoms with Crippen molar-refractivity contribution in [2.45, 2.75) is 11.5 Å². The van der Waals surface area contributed by atoms with Gasteiger partial charge < -0.3 is 10.1 Å². The lowest BCUT2D eigenvalue weighted by Crippen LogP contribution is -2.14. The quantitative estimate of drug-likeness (QED) is 0.633. The molecule has 1 heterocycles. The van der Waals surface area contributed by atoms with Crippen molar-refractivity contribution >= 4 is 32.8 Å². The number of benzene rings is 2. The minimum absolute atomic E-state index is 0.0838.